The van der Waals surface area contributed by atoms with Crippen molar-refractivity contribution in [2.24, 2.45) is 10.3 Å². The zero-order valence-corrected chi connectivity index (χ0v) is 10.5. The van der Waals surface area contributed by atoms with E-state index in [1.807, 2.05) is 0 Å². The lowest BCUT2D eigenvalue weighted by atomic mass is 10.3. The van der Waals surface area contributed by atoms with E-state index in [0.29, 0.717) is 11.3 Å². The molecule has 0 aliphatic carbocycles. The molecule has 0 aliphatic rings. The second-order valence-electron chi connectivity index (χ2n) is 2.96. The molecule has 0 spiro atoms. The van der Waals surface area contributed by atoms with Crippen LogP contribution in [0.15, 0.2) is 16.3 Å². The van der Waals surface area contributed by atoms with Crippen molar-refractivity contribution in [3.63, 3.8) is 0 Å². The highest BCUT2D eigenvalue weighted by atomic mass is 32.2. The summed E-state index contributed by atoms with van der Waals surface area (Å²) >= 11 is 1.00. The fourth-order valence-corrected chi connectivity index (χ4v) is 3.13. The molecule has 1 aromatic rings. The van der Waals surface area contributed by atoms with Crippen LogP contribution in [0.5, 0.6) is 0 Å². The highest BCUT2D eigenvalue weighted by molar-refractivity contribution is 7.91. The van der Waals surface area contributed by atoms with Gasteiger partial charge in [0, 0.05) is 11.4 Å². The van der Waals surface area contributed by atoms with Crippen LogP contribution in [-0.2, 0) is 26.7 Å². The Morgan fingerprint density at radius 3 is 2.25 bits per heavy atom. The third kappa shape index (κ3) is 4.55. The molecule has 0 aliphatic heterocycles. The van der Waals surface area contributed by atoms with Gasteiger partial charge in [0.2, 0.25) is 10.0 Å². The Bertz CT molecular complexity index is 560. The Hall–Kier alpha value is -0.520. The van der Waals surface area contributed by atoms with Crippen molar-refractivity contribution in [1.82, 2.24) is 4.72 Å². The van der Waals surface area contributed by atoms with Crippen molar-refractivity contribution >= 4 is 31.6 Å². The third-order valence-corrected chi connectivity index (χ3v) is 4.78. The molecule has 0 bridgehead atoms. The lowest BCUT2D eigenvalue weighted by Gasteiger charge is -1.99. The number of primary sulfonamides is 1. The average molecular weight is 285 g/mol. The predicted molar refractivity (Wildman–Crippen MR) is 60.5 cm³/mol. The van der Waals surface area contributed by atoms with Gasteiger partial charge in [-0.1, -0.05) is 0 Å². The Kier molecular flexibility index (Phi) is 4.04. The van der Waals surface area contributed by atoms with E-state index in [-0.39, 0.29) is 10.8 Å². The Labute approximate surface area is 97.7 Å². The smallest absolute Gasteiger partial charge is 0.224 e. The minimum absolute atomic E-state index is 0.0538. The molecule has 92 valence electrons. The number of sulfonamides is 1. The van der Waals surface area contributed by atoms with E-state index in [0.717, 1.165) is 11.3 Å². The van der Waals surface area contributed by atoms with E-state index >= 15 is 0 Å². The molecular weight excluding hydrogens is 274 g/mol. The van der Waals surface area contributed by atoms with Crippen LogP contribution in [0.25, 0.3) is 0 Å². The van der Waals surface area contributed by atoms with E-state index in [2.05, 4.69) is 4.72 Å². The second kappa shape index (κ2) is 4.77. The number of thiophene rings is 1. The zero-order chi connectivity index (χ0) is 12.4. The number of hydrogen-bond donors (Lipinski definition) is 3. The van der Waals surface area contributed by atoms with E-state index in [9.17, 15) is 16.8 Å². The van der Waals surface area contributed by atoms with Gasteiger partial charge < -0.3 is 0 Å². The molecule has 10 heteroatoms. The molecule has 1 aromatic heterocycles. The molecule has 16 heavy (non-hydrogen) atoms. The lowest BCUT2D eigenvalue weighted by molar-refractivity contribution is 0.583. The van der Waals surface area contributed by atoms with Crippen molar-refractivity contribution in [2.45, 2.75) is 10.6 Å². The van der Waals surface area contributed by atoms with Gasteiger partial charge in [-0.05, 0) is 18.6 Å². The van der Waals surface area contributed by atoms with E-state index < -0.39 is 20.2 Å². The minimum atomic E-state index is -3.70. The van der Waals surface area contributed by atoms with Gasteiger partial charge in [0.05, 0.1) is 0 Å². The van der Waals surface area contributed by atoms with Crippen molar-refractivity contribution in [2.75, 3.05) is 6.54 Å². The fraction of sp³-hybridized carbons (Fsp3) is 0.333. The van der Waals surface area contributed by atoms with Gasteiger partial charge in [-0.3, -0.25) is 0 Å². The third-order valence-electron chi connectivity index (χ3n) is 1.59. The maximum atomic E-state index is 10.9. The molecule has 1 rings (SSSR count). The minimum Gasteiger partial charge on any atom is -0.224 e. The Balaban J connectivity index is 2.61. The largest absolute Gasteiger partial charge is 0.274 e. The standard InChI is InChI=1S/C6H11N3O4S3/c7-15(10,11)6-2-1-5(14-6)3-4-9-16(8,12)13/h1-2,9H,3-4H2,(H2,7,10,11)(H2,8,12,13). The summed E-state index contributed by atoms with van der Waals surface area (Å²) in [4.78, 5) is 0.708. The van der Waals surface area contributed by atoms with E-state index in [1.165, 1.54) is 6.07 Å². The van der Waals surface area contributed by atoms with Crippen LogP contribution in [0.3, 0.4) is 0 Å². The molecule has 0 aromatic carbocycles. The quantitative estimate of drug-likeness (QED) is 0.622. The number of hydrogen-bond acceptors (Lipinski definition) is 5. The summed E-state index contributed by atoms with van der Waals surface area (Å²) in [7, 11) is -7.38. The van der Waals surface area contributed by atoms with Crippen LogP contribution < -0.4 is 15.0 Å². The van der Waals surface area contributed by atoms with Crippen LogP contribution in [-0.4, -0.2) is 23.4 Å². The summed E-state index contributed by atoms with van der Waals surface area (Å²) in [5.41, 5.74) is 0. The maximum absolute atomic E-state index is 10.9. The molecule has 0 saturated carbocycles. The summed E-state index contributed by atoms with van der Waals surface area (Å²) < 4.78 is 45.1. The van der Waals surface area contributed by atoms with Crippen LogP contribution in [0, 0.1) is 0 Å². The first-order valence-electron chi connectivity index (χ1n) is 4.07. The molecule has 0 amide bonds. The summed E-state index contributed by atoms with van der Waals surface area (Å²) in [5, 5.41) is 9.64. The summed E-state index contributed by atoms with van der Waals surface area (Å²) in [5.74, 6) is 0. The SMILES string of the molecule is NS(=O)(=O)NCCc1ccc(S(N)(=O)=O)s1. The zero-order valence-electron chi connectivity index (χ0n) is 8.08. The predicted octanol–water partition coefficient (Wildman–Crippen LogP) is -1.27. The van der Waals surface area contributed by atoms with E-state index in [4.69, 9.17) is 10.3 Å². The maximum Gasteiger partial charge on any atom is 0.274 e. The highest BCUT2D eigenvalue weighted by Gasteiger charge is 2.11. The van der Waals surface area contributed by atoms with Gasteiger partial charge in [0.1, 0.15) is 4.21 Å². The summed E-state index contributed by atoms with van der Waals surface area (Å²) in [6.45, 7) is 0.114. The Morgan fingerprint density at radius 1 is 1.19 bits per heavy atom. The van der Waals surface area contributed by atoms with Gasteiger partial charge in [-0.25, -0.2) is 23.4 Å². The van der Waals surface area contributed by atoms with Gasteiger partial charge in [-0.2, -0.15) is 8.42 Å². The van der Waals surface area contributed by atoms with Crippen molar-refractivity contribution in [3.8, 4) is 0 Å². The van der Waals surface area contributed by atoms with Gasteiger partial charge >= 0.3 is 0 Å². The molecule has 1 heterocycles. The summed E-state index contributed by atoms with van der Waals surface area (Å²) in [6, 6.07) is 2.96. The van der Waals surface area contributed by atoms with Gasteiger partial charge in [0.15, 0.2) is 0 Å². The number of rotatable bonds is 5. The topological polar surface area (TPSA) is 132 Å². The van der Waals surface area contributed by atoms with Crippen molar-refractivity contribution < 1.29 is 16.8 Å². The van der Waals surface area contributed by atoms with Crippen LogP contribution in [0.1, 0.15) is 4.88 Å². The first kappa shape index (κ1) is 13.5. The first-order valence-corrected chi connectivity index (χ1v) is 7.98. The van der Waals surface area contributed by atoms with Crippen LogP contribution in [0.2, 0.25) is 0 Å². The molecule has 0 radical (unpaired) electrons. The first-order chi connectivity index (χ1) is 7.18. The van der Waals surface area contributed by atoms with Gasteiger partial charge in [-0.15, -0.1) is 11.3 Å². The van der Waals surface area contributed by atoms with E-state index in [1.54, 1.807) is 6.07 Å². The average Bonchev–Trinajstić information content (AvgIpc) is 2.49. The molecule has 0 fully saturated rings. The van der Waals surface area contributed by atoms with Crippen molar-refractivity contribution in [3.05, 3.63) is 17.0 Å². The van der Waals surface area contributed by atoms with Gasteiger partial charge in [0.25, 0.3) is 10.2 Å². The van der Waals surface area contributed by atoms with Crippen molar-refractivity contribution in [1.29, 1.82) is 0 Å². The normalized spacial score (nSPS) is 12.9. The number of nitrogens with one attached hydrogen (secondary N) is 1. The molecule has 0 unspecified atom stereocenters. The molecular formula is C6H11N3O4S3. The Morgan fingerprint density at radius 2 is 1.81 bits per heavy atom. The molecule has 0 saturated heterocycles. The molecule has 5 N–H and O–H groups in total. The molecule has 7 nitrogen and oxygen atoms in total. The fourth-order valence-electron chi connectivity index (χ4n) is 0.962. The summed E-state index contributed by atoms with van der Waals surface area (Å²) in [6.07, 6.45) is 0.358. The van der Waals surface area contributed by atoms with Crippen LogP contribution in [0.4, 0.5) is 0 Å². The van der Waals surface area contributed by atoms with Crippen LogP contribution >= 0.6 is 11.3 Å². The molecule has 0 atom stereocenters. The highest BCUT2D eigenvalue weighted by Crippen LogP contribution is 2.20. The second-order valence-corrected chi connectivity index (χ2v) is 7.29. The lowest BCUT2D eigenvalue weighted by Crippen LogP contribution is -2.32. The monoisotopic (exact) mass is 285 g/mol. The number of nitrogens with two attached hydrogens (primary N) is 2.